The molecular formula is C24H29ClN2O5S. The molecule has 2 aliphatic rings. The van der Waals surface area contributed by atoms with Crippen LogP contribution in [-0.2, 0) is 16.6 Å². The Balaban J connectivity index is 1.67. The second kappa shape index (κ2) is 9.91. The Bertz CT molecular complexity index is 1130. The average molecular weight is 493 g/mol. The molecule has 2 aromatic carbocycles. The van der Waals surface area contributed by atoms with Gasteiger partial charge in [0, 0.05) is 25.7 Å². The van der Waals surface area contributed by atoms with Crippen LogP contribution in [0.3, 0.4) is 0 Å². The van der Waals surface area contributed by atoms with Gasteiger partial charge in [-0.05, 0) is 48.7 Å². The van der Waals surface area contributed by atoms with Gasteiger partial charge in [-0.1, -0.05) is 44.4 Å². The summed E-state index contributed by atoms with van der Waals surface area (Å²) in [6.07, 6.45) is 3.93. The Morgan fingerprint density at radius 3 is 2.42 bits per heavy atom. The van der Waals surface area contributed by atoms with Crippen LogP contribution in [0.1, 0.15) is 55.5 Å². The minimum atomic E-state index is -3.71. The van der Waals surface area contributed by atoms with Gasteiger partial charge in [-0.15, -0.1) is 0 Å². The molecule has 0 unspecified atom stereocenters. The summed E-state index contributed by atoms with van der Waals surface area (Å²) in [5, 5.41) is 0.243. The van der Waals surface area contributed by atoms with Crippen molar-refractivity contribution in [2.75, 3.05) is 19.9 Å². The van der Waals surface area contributed by atoms with Crippen molar-refractivity contribution in [3.8, 4) is 11.5 Å². The van der Waals surface area contributed by atoms with E-state index in [1.54, 1.807) is 13.8 Å². The molecule has 0 spiro atoms. The van der Waals surface area contributed by atoms with Crippen molar-refractivity contribution in [2.45, 2.75) is 57.0 Å². The zero-order valence-corrected chi connectivity index (χ0v) is 20.5. The molecule has 1 amide bonds. The van der Waals surface area contributed by atoms with Gasteiger partial charge in [-0.25, -0.2) is 8.42 Å². The summed E-state index contributed by atoms with van der Waals surface area (Å²) < 4.78 is 38.3. The van der Waals surface area contributed by atoms with Gasteiger partial charge in [0.2, 0.25) is 16.8 Å². The van der Waals surface area contributed by atoms with Gasteiger partial charge in [0.05, 0.1) is 15.5 Å². The van der Waals surface area contributed by atoms with Crippen molar-refractivity contribution in [3.63, 3.8) is 0 Å². The number of benzene rings is 2. The lowest BCUT2D eigenvalue weighted by Gasteiger charge is -2.30. The molecule has 2 aromatic rings. The predicted molar refractivity (Wildman–Crippen MR) is 126 cm³/mol. The third-order valence-electron chi connectivity index (χ3n) is 6.33. The van der Waals surface area contributed by atoms with Crippen LogP contribution in [0.5, 0.6) is 11.5 Å². The molecule has 4 rings (SSSR count). The molecule has 1 saturated carbocycles. The van der Waals surface area contributed by atoms with Crippen LogP contribution in [0, 0.1) is 0 Å². The number of carbonyl (C=O) groups excluding carboxylic acids is 1. The third-order valence-corrected chi connectivity index (χ3v) is 8.70. The molecule has 1 heterocycles. The molecule has 0 N–H and O–H groups in total. The summed E-state index contributed by atoms with van der Waals surface area (Å²) in [6, 6.07) is 10.1. The topological polar surface area (TPSA) is 76.2 Å². The first-order valence-electron chi connectivity index (χ1n) is 11.3. The molecule has 33 heavy (non-hydrogen) atoms. The number of hydrogen-bond donors (Lipinski definition) is 0. The molecule has 0 bridgehead atoms. The summed E-state index contributed by atoms with van der Waals surface area (Å²) in [7, 11) is -3.71. The number of carbonyl (C=O) groups is 1. The fourth-order valence-electron chi connectivity index (χ4n) is 4.51. The monoisotopic (exact) mass is 492 g/mol. The Hall–Kier alpha value is -2.29. The summed E-state index contributed by atoms with van der Waals surface area (Å²) in [5.41, 5.74) is 1.13. The normalized spacial score (nSPS) is 15.9. The van der Waals surface area contributed by atoms with E-state index in [0.717, 1.165) is 31.2 Å². The highest BCUT2D eigenvalue weighted by Crippen LogP contribution is 2.35. The number of hydrogen-bond acceptors (Lipinski definition) is 5. The Kier molecular flexibility index (Phi) is 7.16. The number of nitrogens with zero attached hydrogens (tertiary/aromatic N) is 2. The second-order valence-electron chi connectivity index (χ2n) is 8.29. The van der Waals surface area contributed by atoms with Crippen molar-refractivity contribution >= 4 is 27.5 Å². The molecule has 9 heteroatoms. The van der Waals surface area contributed by atoms with Gasteiger partial charge in [-0.2, -0.15) is 4.31 Å². The van der Waals surface area contributed by atoms with Crippen LogP contribution in [0.15, 0.2) is 41.3 Å². The molecular weight excluding hydrogens is 464 g/mol. The van der Waals surface area contributed by atoms with Gasteiger partial charge >= 0.3 is 0 Å². The maximum absolute atomic E-state index is 13.8. The SMILES string of the molecule is CCN(CC)S(=O)(=O)c1ccc(Cl)c(C(=O)N(Cc2ccc3c(c2)OCO3)C2CCCC2)c1. The Morgan fingerprint density at radius 1 is 1.03 bits per heavy atom. The summed E-state index contributed by atoms with van der Waals surface area (Å²) in [5.74, 6) is 1.09. The number of amides is 1. The van der Waals surface area contributed by atoms with Crippen LogP contribution in [-0.4, -0.2) is 49.5 Å². The first-order valence-corrected chi connectivity index (χ1v) is 13.2. The van der Waals surface area contributed by atoms with Crippen LogP contribution in [0.2, 0.25) is 5.02 Å². The average Bonchev–Trinajstić information content (AvgIpc) is 3.49. The van der Waals surface area contributed by atoms with Gasteiger partial charge < -0.3 is 14.4 Å². The lowest BCUT2D eigenvalue weighted by molar-refractivity contribution is 0.0664. The van der Waals surface area contributed by atoms with E-state index >= 15 is 0 Å². The van der Waals surface area contributed by atoms with Gasteiger partial charge in [-0.3, -0.25) is 4.79 Å². The van der Waals surface area contributed by atoms with Crippen LogP contribution >= 0.6 is 11.6 Å². The van der Waals surface area contributed by atoms with E-state index in [0.29, 0.717) is 31.1 Å². The van der Waals surface area contributed by atoms with E-state index in [4.69, 9.17) is 21.1 Å². The second-order valence-corrected chi connectivity index (χ2v) is 10.6. The minimum Gasteiger partial charge on any atom is -0.454 e. The van der Waals surface area contributed by atoms with Crippen LogP contribution < -0.4 is 9.47 Å². The fraction of sp³-hybridized carbons (Fsp3) is 0.458. The summed E-state index contributed by atoms with van der Waals surface area (Å²) in [6.45, 7) is 4.84. The highest BCUT2D eigenvalue weighted by Gasteiger charge is 2.31. The van der Waals surface area contributed by atoms with E-state index in [-0.39, 0.29) is 34.2 Å². The van der Waals surface area contributed by atoms with E-state index in [2.05, 4.69) is 0 Å². The highest BCUT2D eigenvalue weighted by molar-refractivity contribution is 7.89. The Morgan fingerprint density at radius 2 is 1.73 bits per heavy atom. The van der Waals surface area contributed by atoms with Crippen LogP contribution in [0.25, 0.3) is 0 Å². The summed E-state index contributed by atoms with van der Waals surface area (Å²) >= 11 is 6.43. The summed E-state index contributed by atoms with van der Waals surface area (Å²) in [4.78, 5) is 15.7. The molecule has 0 radical (unpaired) electrons. The quantitative estimate of drug-likeness (QED) is 0.534. The zero-order chi connectivity index (χ0) is 23.6. The van der Waals surface area contributed by atoms with Crippen molar-refractivity contribution in [3.05, 3.63) is 52.5 Å². The standard InChI is InChI=1S/C24H29ClN2O5S/c1-3-26(4-2)33(29,30)19-10-11-21(25)20(14-19)24(28)27(18-7-5-6-8-18)15-17-9-12-22-23(13-17)32-16-31-22/h9-14,18H,3-8,15-16H2,1-2H3. The minimum absolute atomic E-state index is 0.0713. The third kappa shape index (κ3) is 4.83. The molecule has 7 nitrogen and oxygen atoms in total. The van der Waals surface area contributed by atoms with Gasteiger partial charge in [0.15, 0.2) is 11.5 Å². The zero-order valence-electron chi connectivity index (χ0n) is 18.9. The van der Waals surface area contributed by atoms with Gasteiger partial charge in [0.1, 0.15) is 0 Å². The maximum Gasteiger partial charge on any atom is 0.255 e. The molecule has 0 atom stereocenters. The number of sulfonamides is 1. The smallest absolute Gasteiger partial charge is 0.255 e. The number of halogens is 1. The highest BCUT2D eigenvalue weighted by atomic mass is 35.5. The Labute approximate surface area is 200 Å². The molecule has 1 aliphatic heterocycles. The maximum atomic E-state index is 13.8. The van der Waals surface area contributed by atoms with Crippen LogP contribution in [0.4, 0.5) is 0 Å². The number of ether oxygens (including phenoxy) is 2. The molecule has 1 fully saturated rings. The first-order chi connectivity index (χ1) is 15.8. The van der Waals surface area contributed by atoms with E-state index in [9.17, 15) is 13.2 Å². The largest absolute Gasteiger partial charge is 0.454 e. The fourth-order valence-corrected chi connectivity index (χ4v) is 6.20. The first kappa shape index (κ1) is 23.9. The molecule has 0 aromatic heterocycles. The number of fused-ring (bicyclic) bond motifs is 1. The molecule has 178 valence electrons. The van der Waals surface area contributed by atoms with E-state index in [1.807, 2.05) is 23.1 Å². The van der Waals surface area contributed by atoms with Crippen molar-refractivity contribution in [1.29, 1.82) is 0 Å². The van der Waals surface area contributed by atoms with E-state index in [1.165, 1.54) is 22.5 Å². The van der Waals surface area contributed by atoms with Crippen molar-refractivity contribution in [1.82, 2.24) is 9.21 Å². The van der Waals surface area contributed by atoms with E-state index < -0.39 is 10.0 Å². The van der Waals surface area contributed by atoms with Crippen molar-refractivity contribution < 1.29 is 22.7 Å². The van der Waals surface area contributed by atoms with Crippen molar-refractivity contribution in [2.24, 2.45) is 0 Å². The lowest BCUT2D eigenvalue weighted by Crippen LogP contribution is -2.38. The molecule has 0 saturated heterocycles. The van der Waals surface area contributed by atoms with Gasteiger partial charge in [0.25, 0.3) is 5.91 Å². The lowest BCUT2D eigenvalue weighted by atomic mass is 10.1. The predicted octanol–water partition coefficient (Wildman–Crippen LogP) is 4.68. The molecule has 1 aliphatic carbocycles. The number of rotatable bonds is 8.